The van der Waals surface area contributed by atoms with Gasteiger partial charge >= 0.3 is 0 Å². The van der Waals surface area contributed by atoms with Crippen LogP contribution in [0.5, 0.6) is 5.75 Å². The van der Waals surface area contributed by atoms with Gasteiger partial charge in [-0.15, -0.1) is 11.3 Å². The van der Waals surface area contributed by atoms with Crippen LogP contribution < -0.4 is 10.1 Å². The highest BCUT2D eigenvalue weighted by molar-refractivity contribution is 7.16. The number of aryl methyl sites for hydroxylation is 1. The van der Waals surface area contributed by atoms with Gasteiger partial charge in [-0.2, -0.15) is 5.10 Å². The molecule has 1 N–H and O–H groups in total. The number of benzene rings is 2. The van der Waals surface area contributed by atoms with Crippen LogP contribution in [-0.4, -0.2) is 55.9 Å². The Morgan fingerprint density at radius 3 is 2.74 bits per heavy atom. The number of thiazole rings is 1. The average molecular weight is 490 g/mol. The zero-order valence-electron chi connectivity index (χ0n) is 19.6. The van der Waals surface area contributed by atoms with Crippen molar-refractivity contribution in [3.05, 3.63) is 54.3 Å². The standard InChI is InChI=1S/C25H24FN7OS/c1-14(17-9-32(2)10-17)34-21-7-15(16-8-30-33(3)11-16)6-20-22(21)25(28-12-27-20)31-18-4-5-19-24(23(18)26)35-13-29-19/h4-8,11-14,17H,9-10H2,1-3H3,(H,27,28,31)/t14-/m0/s1. The Bertz CT molecular complexity index is 1540. The van der Waals surface area contributed by atoms with Crippen molar-refractivity contribution in [2.75, 3.05) is 25.5 Å². The van der Waals surface area contributed by atoms with Gasteiger partial charge in [0.1, 0.15) is 24.0 Å². The first-order chi connectivity index (χ1) is 17.0. The second-order valence-corrected chi connectivity index (χ2v) is 9.91. The summed E-state index contributed by atoms with van der Waals surface area (Å²) < 4.78 is 24.0. The molecule has 8 nitrogen and oxygen atoms in total. The third-order valence-electron chi connectivity index (χ3n) is 6.50. The van der Waals surface area contributed by atoms with Crippen LogP contribution in [0.3, 0.4) is 0 Å². The summed E-state index contributed by atoms with van der Waals surface area (Å²) in [7, 11) is 3.99. The van der Waals surface area contributed by atoms with Crippen LogP contribution in [0.2, 0.25) is 0 Å². The number of hydrogen-bond donors (Lipinski definition) is 1. The summed E-state index contributed by atoms with van der Waals surface area (Å²) >= 11 is 1.27. The Kier molecular flexibility index (Phi) is 5.34. The number of ether oxygens (including phenoxy) is 1. The van der Waals surface area contributed by atoms with E-state index >= 15 is 4.39 Å². The van der Waals surface area contributed by atoms with Crippen molar-refractivity contribution in [1.29, 1.82) is 0 Å². The van der Waals surface area contributed by atoms with Crippen molar-refractivity contribution in [2.45, 2.75) is 13.0 Å². The molecule has 0 saturated carbocycles. The molecule has 1 saturated heterocycles. The Morgan fingerprint density at radius 1 is 1.11 bits per heavy atom. The number of halogens is 1. The Balaban J connectivity index is 1.46. The van der Waals surface area contributed by atoms with Crippen LogP contribution in [-0.2, 0) is 7.05 Å². The SMILES string of the molecule is C[C@H](Oc1cc(-c2cnn(C)c2)cc2ncnc(Nc3ccc4ncsc4c3F)c12)C1CN(C)C1. The highest BCUT2D eigenvalue weighted by Gasteiger charge is 2.30. The highest BCUT2D eigenvalue weighted by Crippen LogP contribution is 2.38. The van der Waals surface area contributed by atoms with Crippen molar-refractivity contribution in [1.82, 2.24) is 29.6 Å². The molecule has 0 aliphatic carbocycles. The van der Waals surface area contributed by atoms with E-state index in [9.17, 15) is 0 Å². The van der Waals surface area contributed by atoms with Gasteiger partial charge in [-0.1, -0.05) is 0 Å². The molecule has 3 aromatic heterocycles. The Labute approximate surface area is 205 Å². The van der Waals surface area contributed by atoms with Crippen molar-refractivity contribution < 1.29 is 9.13 Å². The minimum atomic E-state index is -0.350. The predicted octanol–water partition coefficient (Wildman–Crippen LogP) is 4.85. The third kappa shape index (κ3) is 3.98. The van der Waals surface area contributed by atoms with E-state index < -0.39 is 0 Å². The molecule has 1 aliphatic rings. The van der Waals surface area contributed by atoms with E-state index in [0.29, 0.717) is 44.3 Å². The van der Waals surface area contributed by atoms with Gasteiger partial charge in [-0.25, -0.2) is 19.3 Å². The summed E-state index contributed by atoms with van der Waals surface area (Å²) in [6, 6.07) is 7.46. The lowest BCUT2D eigenvalue weighted by molar-refractivity contribution is 0.0358. The number of aromatic nitrogens is 5. The smallest absolute Gasteiger partial charge is 0.166 e. The van der Waals surface area contributed by atoms with Gasteiger partial charge in [0.15, 0.2) is 5.82 Å². The van der Waals surface area contributed by atoms with Gasteiger partial charge in [0.05, 0.1) is 38.5 Å². The fourth-order valence-corrected chi connectivity index (χ4v) is 5.27. The summed E-state index contributed by atoms with van der Waals surface area (Å²) in [5.41, 5.74) is 5.22. The molecular weight excluding hydrogens is 465 g/mol. The van der Waals surface area contributed by atoms with Crippen LogP contribution in [0.25, 0.3) is 32.2 Å². The topological polar surface area (TPSA) is 81.0 Å². The fourth-order valence-electron chi connectivity index (χ4n) is 4.54. The van der Waals surface area contributed by atoms with E-state index in [0.717, 1.165) is 24.2 Å². The molecule has 1 atom stereocenters. The molecule has 0 bridgehead atoms. The maximum atomic E-state index is 15.2. The zero-order valence-corrected chi connectivity index (χ0v) is 20.4. The molecule has 178 valence electrons. The minimum absolute atomic E-state index is 0.00289. The van der Waals surface area contributed by atoms with Crippen LogP contribution >= 0.6 is 11.3 Å². The van der Waals surface area contributed by atoms with Crippen molar-refractivity contribution in [3.63, 3.8) is 0 Å². The Morgan fingerprint density at radius 2 is 1.97 bits per heavy atom. The molecule has 0 amide bonds. The molecule has 1 aliphatic heterocycles. The van der Waals surface area contributed by atoms with Gasteiger partial charge < -0.3 is 15.0 Å². The van der Waals surface area contributed by atoms with Gasteiger partial charge in [0, 0.05) is 37.8 Å². The quantitative estimate of drug-likeness (QED) is 0.365. The van der Waals surface area contributed by atoms with Gasteiger partial charge in [0.25, 0.3) is 0 Å². The first kappa shape index (κ1) is 21.9. The van der Waals surface area contributed by atoms with Crippen LogP contribution in [0.4, 0.5) is 15.9 Å². The first-order valence-corrected chi connectivity index (χ1v) is 12.3. The number of anilines is 2. The lowest BCUT2D eigenvalue weighted by Gasteiger charge is -2.39. The number of hydrogen-bond acceptors (Lipinski definition) is 8. The summed E-state index contributed by atoms with van der Waals surface area (Å²) in [5, 5.41) is 8.20. The highest BCUT2D eigenvalue weighted by atomic mass is 32.1. The Hall–Kier alpha value is -3.63. The van der Waals surface area contributed by atoms with Crippen LogP contribution in [0.1, 0.15) is 6.92 Å². The van der Waals surface area contributed by atoms with E-state index in [2.05, 4.69) is 44.2 Å². The number of likely N-dealkylation sites (tertiary alicyclic amines) is 1. The molecule has 5 aromatic rings. The van der Waals surface area contributed by atoms with E-state index in [4.69, 9.17) is 4.74 Å². The van der Waals surface area contributed by atoms with Crippen molar-refractivity contribution in [2.24, 2.45) is 13.0 Å². The average Bonchev–Trinajstić information content (AvgIpc) is 3.48. The van der Waals surface area contributed by atoms with E-state index in [1.54, 1.807) is 22.3 Å². The predicted molar refractivity (Wildman–Crippen MR) is 136 cm³/mol. The molecule has 6 rings (SSSR count). The van der Waals surface area contributed by atoms with Gasteiger partial charge in [0.2, 0.25) is 0 Å². The lowest BCUT2D eigenvalue weighted by Crippen LogP contribution is -2.50. The number of nitrogens with one attached hydrogen (secondary N) is 1. The first-order valence-electron chi connectivity index (χ1n) is 11.4. The summed E-state index contributed by atoms with van der Waals surface area (Å²) in [6.45, 7) is 4.07. The summed E-state index contributed by atoms with van der Waals surface area (Å²) in [5.74, 6) is 1.23. The number of fused-ring (bicyclic) bond motifs is 2. The van der Waals surface area contributed by atoms with Crippen molar-refractivity contribution >= 4 is 44.0 Å². The molecule has 10 heteroatoms. The zero-order chi connectivity index (χ0) is 24.1. The number of nitrogens with zero attached hydrogens (tertiary/aromatic N) is 6. The largest absolute Gasteiger partial charge is 0.489 e. The van der Waals surface area contributed by atoms with E-state index in [-0.39, 0.29) is 11.9 Å². The fraction of sp³-hybridized carbons (Fsp3) is 0.280. The van der Waals surface area contributed by atoms with Gasteiger partial charge in [-0.3, -0.25) is 4.68 Å². The third-order valence-corrected chi connectivity index (χ3v) is 7.34. The molecular formula is C25H24FN7OS. The maximum absolute atomic E-state index is 15.2. The molecule has 35 heavy (non-hydrogen) atoms. The second-order valence-electron chi connectivity index (χ2n) is 9.05. The maximum Gasteiger partial charge on any atom is 0.166 e. The molecule has 0 radical (unpaired) electrons. The molecule has 0 unspecified atom stereocenters. The number of rotatable bonds is 6. The summed E-state index contributed by atoms with van der Waals surface area (Å²) in [6.07, 6.45) is 5.25. The summed E-state index contributed by atoms with van der Waals surface area (Å²) in [4.78, 5) is 15.5. The minimum Gasteiger partial charge on any atom is -0.489 e. The van der Waals surface area contributed by atoms with Crippen molar-refractivity contribution in [3.8, 4) is 16.9 Å². The van der Waals surface area contributed by atoms with E-state index in [1.807, 2.05) is 31.6 Å². The molecule has 4 heterocycles. The van der Waals surface area contributed by atoms with Crippen LogP contribution in [0, 0.1) is 11.7 Å². The lowest BCUT2D eigenvalue weighted by atomic mass is 9.95. The monoisotopic (exact) mass is 489 g/mol. The van der Waals surface area contributed by atoms with E-state index in [1.165, 1.54) is 17.7 Å². The normalized spacial score (nSPS) is 15.4. The molecule has 0 spiro atoms. The molecule has 1 fully saturated rings. The molecule has 2 aromatic carbocycles. The second kappa shape index (κ2) is 8.54. The van der Waals surface area contributed by atoms with Gasteiger partial charge in [-0.05, 0) is 43.8 Å². The van der Waals surface area contributed by atoms with Crippen LogP contribution in [0.15, 0.2) is 48.5 Å².